The van der Waals surface area contributed by atoms with Gasteiger partial charge >= 0.3 is 0 Å². The number of likely N-dealkylation sites (tertiary alicyclic amines) is 1. The second-order valence-electron chi connectivity index (χ2n) is 7.29. The standard InChI is InChI=1S/C22H27N3O2/c1-24-13-6-7-18(24)16-25-14-5-3-4-8-21(25)20-15-22(27-23-20)17-9-11-19(26-2)12-10-17/h6-7,9-13,15,21H,3-5,8,14,16H2,1-2H3. The quantitative estimate of drug-likeness (QED) is 0.651. The molecule has 0 spiro atoms. The molecule has 0 aliphatic carbocycles. The van der Waals surface area contributed by atoms with Gasteiger partial charge < -0.3 is 13.8 Å². The second-order valence-corrected chi connectivity index (χ2v) is 7.29. The van der Waals surface area contributed by atoms with Crippen LogP contribution in [0.1, 0.15) is 43.1 Å². The Hall–Kier alpha value is -2.53. The first-order chi connectivity index (χ1) is 13.2. The van der Waals surface area contributed by atoms with Crippen LogP contribution in [0.15, 0.2) is 53.2 Å². The summed E-state index contributed by atoms with van der Waals surface area (Å²) >= 11 is 0. The summed E-state index contributed by atoms with van der Waals surface area (Å²) in [6, 6.07) is 14.6. The number of hydrogen-bond donors (Lipinski definition) is 0. The van der Waals surface area contributed by atoms with E-state index in [2.05, 4.69) is 46.1 Å². The molecule has 0 N–H and O–H groups in total. The maximum absolute atomic E-state index is 5.70. The molecule has 1 unspecified atom stereocenters. The molecule has 0 saturated carbocycles. The number of benzene rings is 1. The van der Waals surface area contributed by atoms with Gasteiger partial charge in [-0.2, -0.15) is 0 Å². The first-order valence-electron chi connectivity index (χ1n) is 9.70. The first-order valence-corrected chi connectivity index (χ1v) is 9.70. The van der Waals surface area contributed by atoms with Crippen LogP contribution in [0, 0.1) is 0 Å². The zero-order valence-corrected chi connectivity index (χ0v) is 16.1. The Kier molecular flexibility index (Phi) is 5.30. The fraction of sp³-hybridized carbons (Fsp3) is 0.409. The predicted octanol–water partition coefficient (Wildman–Crippen LogP) is 4.81. The molecule has 142 valence electrons. The molecule has 0 bridgehead atoms. The third-order valence-electron chi connectivity index (χ3n) is 5.52. The summed E-state index contributed by atoms with van der Waals surface area (Å²) in [4.78, 5) is 2.55. The molecule has 3 aromatic rings. The Morgan fingerprint density at radius 2 is 2.00 bits per heavy atom. The number of ether oxygens (including phenoxy) is 1. The van der Waals surface area contributed by atoms with Crippen molar-refractivity contribution < 1.29 is 9.26 Å². The van der Waals surface area contributed by atoms with Gasteiger partial charge in [0.05, 0.1) is 13.2 Å². The van der Waals surface area contributed by atoms with Crippen molar-refractivity contribution in [3.63, 3.8) is 0 Å². The number of methoxy groups -OCH3 is 1. The van der Waals surface area contributed by atoms with E-state index in [9.17, 15) is 0 Å². The van der Waals surface area contributed by atoms with Crippen molar-refractivity contribution in [1.29, 1.82) is 0 Å². The average molecular weight is 365 g/mol. The van der Waals surface area contributed by atoms with Crippen molar-refractivity contribution >= 4 is 0 Å². The molecule has 1 aromatic carbocycles. The summed E-state index contributed by atoms with van der Waals surface area (Å²) in [5.74, 6) is 1.66. The van der Waals surface area contributed by atoms with E-state index in [1.54, 1.807) is 7.11 Å². The molecule has 1 aliphatic rings. The van der Waals surface area contributed by atoms with Crippen molar-refractivity contribution in [2.24, 2.45) is 7.05 Å². The Labute approximate surface area is 160 Å². The van der Waals surface area contributed by atoms with Gasteiger partial charge in [0.25, 0.3) is 0 Å². The molecule has 0 amide bonds. The lowest BCUT2D eigenvalue weighted by atomic mass is 10.0. The molecule has 5 heteroatoms. The molecule has 1 atom stereocenters. The highest BCUT2D eigenvalue weighted by molar-refractivity contribution is 5.58. The zero-order valence-electron chi connectivity index (χ0n) is 16.1. The molecular weight excluding hydrogens is 338 g/mol. The number of aromatic nitrogens is 2. The molecule has 1 aliphatic heterocycles. The Balaban J connectivity index is 1.57. The minimum Gasteiger partial charge on any atom is -0.497 e. The van der Waals surface area contributed by atoms with E-state index in [0.717, 1.165) is 42.3 Å². The minimum atomic E-state index is 0.304. The Morgan fingerprint density at radius 3 is 2.74 bits per heavy atom. The molecule has 3 heterocycles. The Morgan fingerprint density at radius 1 is 1.15 bits per heavy atom. The van der Waals surface area contributed by atoms with Gasteiger partial charge in [-0.05, 0) is 55.8 Å². The van der Waals surface area contributed by atoms with E-state index >= 15 is 0 Å². The number of hydrogen-bond acceptors (Lipinski definition) is 4. The maximum Gasteiger partial charge on any atom is 0.167 e. The van der Waals surface area contributed by atoms with Gasteiger partial charge in [0.15, 0.2) is 5.76 Å². The van der Waals surface area contributed by atoms with Gasteiger partial charge in [-0.25, -0.2) is 0 Å². The minimum absolute atomic E-state index is 0.304. The third-order valence-corrected chi connectivity index (χ3v) is 5.52. The molecule has 0 radical (unpaired) electrons. The highest BCUT2D eigenvalue weighted by Crippen LogP contribution is 2.33. The fourth-order valence-electron chi connectivity index (χ4n) is 3.90. The SMILES string of the molecule is COc1ccc(-c2cc(C3CCCCCN3Cc3cccn3C)no2)cc1. The van der Waals surface area contributed by atoms with Crippen LogP contribution in [-0.2, 0) is 13.6 Å². The summed E-state index contributed by atoms with van der Waals surface area (Å²) in [6.07, 6.45) is 6.99. The predicted molar refractivity (Wildman–Crippen MR) is 106 cm³/mol. The lowest BCUT2D eigenvalue weighted by Gasteiger charge is -2.28. The van der Waals surface area contributed by atoms with Crippen LogP contribution in [0.5, 0.6) is 5.75 Å². The van der Waals surface area contributed by atoms with E-state index in [4.69, 9.17) is 9.26 Å². The van der Waals surface area contributed by atoms with Crippen molar-refractivity contribution in [3.8, 4) is 17.1 Å². The average Bonchev–Trinajstić information content (AvgIpc) is 3.27. The normalized spacial score (nSPS) is 18.4. The van der Waals surface area contributed by atoms with Crippen LogP contribution >= 0.6 is 0 Å². The summed E-state index contributed by atoms with van der Waals surface area (Å²) in [5, 5.41) is 4.45. The molecule has 5 nitrogen and oxygen atoms in total. The number of aryl methyl sites for hydroxylation is 1. The van der Waals surface area contributed by atoms with Crippen molar-refractivity contribution in [2.45, 2.75) is 38.3 Å². The van der Waals surface area contributed by atoms with Crippen LogP contribution in [0.2, 0.25) is 0 Å². The summed E-state index contributed by atoms with van der Waals surface area (Å²) in [5.41, 5.74) is 3.40. The molecule has 1 saturated heterocycles. The largest absolute Gasteiger partial charge is 0.497 e. The molecular formula is C22H27N3O2. The van der Waals surface area contributed by atoms with Crippen LogP contribution in [-0.4, -0.2) is 28.3 Å². The maximum atomic E-state index is 5.70. The van der Waals surface area contributed by atoms with Gasteiger partial charge in [-0.3, -0.25) is 4.90 Å². The van der Waals surface area contributed by atoms with Gasteiger partial charge in [0.1, 0.15) is 11.4 Å². The van der Waals surface area contributed by atoms with Crippen molar-refractivity contribution in [3.05, 3.63) is 60.0 Å². The van der Waals surface area contributed by atoms with E-state index in [-0.39, 0.29) is 0 Å². The van der Waals surface area contributed by atoms with E-state index in [1.807, 2.05) is 24.3 Å². The Bertz CT molecular complexity index is 866. The summed E-state index contributed by atoms with van der Waals surface area (Å²) in [6.45, 7) is 2.04. The molecule has 2 aromatic heterocycles. The van der Waals surface area contributed by atoms with Crippen LogP contribution < -0.4 is 4.74 Å². The topological polar surface area (TPSA) is 43.4 Å². The highest BCUT2D eigenvalue weighted by atomic mass is 16.5. The first kappa shape index (κ1) is 17.9. The van der Waals surface area contributed by atoms with Crippen molar-refractivity contribution in [2.75, 3.05) is 13.7 Å². The summed E-state index contributed by atoms with van der Waals surface area (Å²) < 4.78 is 13.1. The summed E-state index contributed by atoms with van der Waals surface area (Å²) in [7, 11) is 3.79. The third kappa shape index (κ3) is 3.93. The molecule has 4 rings (SSSR count). The molecule has 1 fully saturated rings. The fourth-order valence-corrected chi connectivity index (χ4v) is 3.90. The van der Waals surface area contributed by atoms with E-state index < -0.39 is 0 Å². The van der Waals surface area contributed by atoms with Gasteiger partial charge in [-0.15, -0.1) is 0 Å². The monoisotopic (exact) mass is 365 g/mol. The zero-order chi connectivity index (χ0) is 18.6. The second kappa shape index (κ2) is 8.01. The number of nitrogens with zero attached hydrogens (tertiary/aromatic N) is 3. The van der Waals surface area contributed by atoms with Crippen LogP contribution in [0.3, 0.4) is 0 Å². The smallest absolute Gasteiger partial charge is 0.167 e. The highest BCUT2D eigenvalue weighted by Gasteiger charge is 2.26. The molecule has 27 heavy (non-hydrogen) atoms. The van der Waals surface area contributed by atoms with Gasteiger partial charge in [-0.1, -0.05) is 18.0 Å². The lowest BCUT2D eigenvalue weighted by molar-refractivity contribution is 0.180. The van der Waals surface area contributed by atoms with Crippen molar-refractivity contribution in [1.82, 2.24) is 14.6 Å². The number of rotatable bonds is 5. The van der Waals surface area contributed by atoms with E-state index in [0.29, 0.717) is 6.04 Å². The van der Waals surface area contributed by atoms with Gasteiger partial charge in [0, 0.05) is 37.1 Å². The van der Waals surface area contributed by atoms with Gasteiger partial charge in [0.2, 0.25) is 0 Å². The van der Waals surface area contributed by atoms with Crippen LogP contribution in [0.25, 0.3) is 11.3 Å². The van der Waals surface area contributed by atoms with E-state index in [1.165, 1.54) is 25.0 Å². The van der Waals surface area contributed by atoms with Crippen LogP contribution in [0.4, 0.5) is 0 Å². The lowest BCUT2D eigenvalue weighted by Crippen LogP contribution is -2.29.